The number of sulfonamides is 1. The molecule has 1 fully saturated rings. The molecule has 1 atom stereocenters. The summed E-state index contributed by atoms with van der Waals surface area (Å²) in [5, 5.41) is -0.612. The fraction of sp³-hybridized carbons (Fsp3) is 0.381. The van der Waals surface area contributed by atoms with Crippen LogP contribution in [0.1, 0.15) is 35.7 Å². The number of rotatable bonds is 6. The van der Waals surface area contributed by atoms with Crippen molar-refractivity contribution in [2.45, 2.75) is 31.9 Å². The van der Waals surface area contributed by atoms with Gasteiger partial charge in [0.2, 0.25) is 10.0 Å². The van der Waals surface area contributed by atoms with Crippen LogP contribution in [-0.2, 0) is 10.0 Å². The molecule has 1 heterocycles. The predicted molar refractivity (Wildman–Crippen MR) is 111 cm³/mol. The quantitative estimate of drug-likeness (QED) is 0.706. The highest BCUT2D eigenvalue weighted by atomic mass is 32.2. The van der Waals surface area contributed by atoms with Crippen LogP contribution in [0.2, 0.25) is 0 Å². The number of nitrogens with zero attached hydrogens (tertiary/aromatic N) is 1. The van der Waals surface area contributed by atoms with Gasteiger partial charge in [-0.2, -0.15) is 0 Å². The molecule has 0 radical (unpaired) electrons. The van der Waals surface area contributed by atoms with E-state index in [9.17, 15) is 17.6 Å². The van der Waals surface area contributed by atoms with Crippen molar-refractivity contribution in [3.8, 4) is 11.1 Å². The Labute approximate surface area is 171 Å². The van der Waals surface area contributed by atoms with Crippen LogP contribution in [0.25, 0.3) is 11.1 Å². The molecule has 29 heavy (non-hydrogen) atoms. The van der Waals surface area contributed by atoms with Crippen LogP contribution in [0.4, 0.5) is 4.39 Å². The second-order valence-electron chi connectivity index (χ2n) is 7.28. The Morgan fingerprint density at radius 1 is 1.21 bits per heavy atom. The minimum Gasteiger partial charge on any atom is -0.302 e. The van der Waals surface area contributed by atoms with E-state index >= 15 is 0 Å². The molecule has 3 rings (SSSR count). The maximum atomic E-state index is 14.6. The van der Waals surface area contributed by atoms with Crippen LogP contribution in [0.3, 0.4) is 0 Å². The summed E-state index contributed by atoms with van der Waals surface area (Å²) in [6.45, 7) is 5.61. The molecule has 2 aromatic rings. The Bertz CT molecular complexity index is 980. The fourth-order valence-corrected chi connectivity index (χ4v) is 4.84. The number of hydrazine groups is 1. The van der Waals surface area contributed by atoms with Gasteiger partial charge in [-0.3, -0.25) is 10.2 Å². The monoisotopic (exact) mass is 419 g/mol. The van der Waals surface area contributed by atoms with Gasteiger partial charge in [0.1, 0.15) is 5.82 Å². The molecule has 1 amide bonds. The van der Waals surface area contributed by atoms with Crippen molar-refractivity contribution in [1.82, 2.24) is 15.2 Å². The van der Waals surface area contributed by atoms with E-state index in [1.807, 2.05) is 37.3 Å². The van der Waals surface area contributed by atoms with Crippen molar-refractivity contribution in [2.24, 2.45) is 0 Å². The fourth-order valence-electron chi connectivity index (χ4n) is 3.55. The molecule has 156 valence electrons. The molecule has 8 heteroatoms. The smallest absolute Gasteiger partial charge is 0.269 e. The minimum atomic E-state index is -3.76. The highest BCUT2D eigenvalue weighted by Crippen LogP contribution is 2.25. The van der Waals surface area contributed by atoms with Crippen LogP contribution in [0.5, 0.6) is 0 Å². The van der Waals surface area contributed by atoms with E-state index in [-0.39, 0.29) is 5.56 Å². The average Bonchev–Trinajstić information content (AvgIpc) is 2.74. The molecule has 0 aliphatic carbocycles. The van der Waals surface area contributed by atoms with Crippen molar-refractivity contribution in [3.05, 3.63) is 59.4 Å². The Morgan fingerprint density at radius 2 is 1.93 bits per heavy atom. The van der Waals surface area contributed by atoms with Crippen molar-refractivity contribution >= 4 is 15.9 Å². The van der Waals surface area contributed by atoms with Gasteiger partial charge >= 0.3 is 0 Å². The van der Waals surface area contributed by atoms with E-state index in [1.165, 1.54) is 6.07 Å². The molecular weight excluding hydrogens is 393 g/mol. The number of hydrogen-bond donors (Lipinski definition) is 2. The lowest BCUT2D eigenvalue weighted by molar-refractivity contribution is 0.0940. The molecule has 0 bridgehead atoms. The van der Waals surface area contributed by atoms with Gasteiger partial charge < -0.3 is 4.90 Å². The van der Waals surface area contributed by atoms with Crippen LogP contribution >= 0.6 is 0 Å². The molecule has 6 nitrogen and oxygen atoms in total. The summed E-state index contributed by atoms with van der Waals surface area (Å²) >= 11 is 0. The second kappa shape index (κ2) is 9.02. The number of carbonyl (C=O) groups excluding carboxylic acids is 1. The molecule has 0 aromatic heterocycles. The number of halogens is 1. The van der Waals surface area contributed by atoms with Crippen LogP contribution in [0, 0.1) is 12.7 Å². The van der Waals surface area contributed by atoms with E-state index in [0.29, 0.717) is 24.1 Å². The van der Waals surface area contributed by atoms with Crippen LogP contribution < -0.4 is 10.3 Å². The summed E-state index contributed by atoms with van der Waals surface area (Å²) in [5.74, 6) is -1.49. The second-order valence-corrected chi connectivity index (χ2v) is 9.24. The molecule has 1 aliphatic rings. The zero-order valence-corrected chi connectivity index (χ0v) is 17.4. The normalized spacial score (nSPS) is 17.8. The number of amides is 1. The largest absolute Gasteiger partial charge is 0.302 e. The van der Waals surface area contributed by atoms with Gasteiger partial charge in [-0.25, -0.2) is 12.8 Å². The van der Waals surface area contributed by atoms with Crippen LogP contribution in [0.15, 0.2) is 42.5 Å². The standard InChI is InChI=1S/C21H26FN3O3S/c1-3-25-11-7-10-18(14-25)29(27,28)24-23-21(26)19-13-17(12-15(2)20(19)22)16-8-5-4-6-9-16/h4-6,8-9,12-13,18,24H,3,7,10-11,14H2,1-2H3,(H,23,26). The minimum absolute atomic E-state index is 0.203. The Balaban J connectivity index is 1.76. The zero-order valence-electron chi connectivity index (χ0n) is 16.6. The number of piperidine rings is 1. The molecule has 0 spiro atoms. The van der Waals surface area contributed by atoms with Gasteiger partial charge in [-0.05, 0) is 61.7 Å². The number of benzene rings is 2. The van der Waals surface area contributed by atoms with Crippen molar-refractivity contribution < 1.29 is 17.6 Å². The Hall–Kier alpha value is -2.29. The third kappa shape index (κ3) is 5.01. The molecule has 1 aliphatic heterocycles. The average molecular weight is 420 g/mol. The summed E-state index contributed by atoms with van der Waals surface area (Å²) in [6.07, 6.45) is 1.30. The SMILES string of the molecule is CCN1CCCC(S(=O)(=O)NNC(=O)c2cc(-c3ccccc3)cc(C)c2F)C1. The first-order valence-corrected chi connectivity index (χ1v) is 11.3. The number of aryl methyl sites for hydroxylation is 1. The van der Waals surface area contributed by atoms with E-state index in [1.54, 1.807) is 13.0 Å². The number of likely N-dealkylation sites (tertiary alicyclic amines) is 1. The highest BCUT2D eigenvalue weighted by Gasteiger charge is 2.30. The molecule has 2 N–H and O–H groups in total. The molecular formula is C21H26FN3O3S. The maximum Gasteiger partial charge on any atom is 0.269 e. The summed E-state index contributed by atoms with van der Waals surface area (Å²) in [7, 11) is -3.76. The Kier molecular flexibility index (Phi) is 6.66. The molecule has 1 unspecified atom stereocenters. The van der Waals surface area contributed by atoms with Gasteiger partial charge in [0, 0.05) is 6.54 Å². The third-order valence-electron chi connectivity index (χ3n) is 5.26. The third-order valence-corrected chi connectivity index (χ3v) is 6.91. The van der Waals surface area contributed by atoms with Crippen LogP contribution in [-0.4, -0.2) is 44.1 Å². The van der Waals surface area contributed by atoms with Crippen molar-refractivity contribution in [2.75, 3.05) is 19.6 Å². The van der Waals surface area contributed by atoms with E-state index in [4.69, 9.17) is 0 Å². The van der Waals surface area contributed by atoms with Crippen molar-refractivity contribution in [1.29, 1.82) is 0 Å². The lowest BCUT2D eigenvalue weighted by Crippen LogP contribution is -2.51. The molecule has 0 saturated carbocycles. The summed E-state index contributed by atoms with van der Waals surface area (Å²) in [4.78, 5) is 16.8. The van der Waals surface area contributed by atoms with E-state index in [0.717, 1.165) is 25.1 Å². The highest BCUT2D eigenvalue weighted by molar-refractivity contribution is 7.90. The lowest BCUT2D eigenvalue weighted by atomic mass is 9.99. The number of hydrogen-bond acceptors (Lipinski definition) is 4. The van der Waals surface area contributed by atoms with Gasteiger partial charge in [0.05, 0.1) is 10.8 Å². The van der Waals surface area contributed by atoms with E-state index < -0.39 is 27.0 Å². The summed E-state index contributed by atoms with van der Waals surface area (Å²) in [6, 6.07) is 12.4. The lowest BCUT2D eigenvalue weighted by Gasteiger charge is -2.31. The summed E-state index contributed by atoms with van der Waals surface area (Å²) < 4.78 is 39.7. The number of nitrogens with one attached hydrogen (secondary N) is 2. The zero-order chi connectivity index (χ0) is 21.0. The molecule has 1 saturated heterocycles. The van der Waals surface area contributed by atoms with Gasteiger partial charge in [-0.1, -0.05) is 37.3 Å². The summed E-state index contributed by atoms with van der Waals surface area (Å²) in [5.41, 5.74) is 3.81. The first kappa shape index (κ1) is 21.4. The van der Waals surface area contributed by atoms with Gasteiger partial charge in [0.15, 0.2) is 0 Å². The molecule has 2 aromatic carbocycles. The predicted octanol–water partition coefficient (Wildman–Crippen LogP) is 2.85. The van der Waals surface area contributed by atoms with Gasteiger partial charge in [0.25, 0.3) is 5.91 Å². The first-order chi connectivity index (χ1) is 13.8. The number of carbonyl (C=O) groups is 1. The van der Waals surface area contributed by atoms with E-state index in [2.05, 4.69) is 15.2 Å². The van der Waals surface area contributed by atoms with Gasteiger partial charge in [-0.15, -0.1) is 4.83 Å². The topological polar surface area (TPSA) is 78.5 Å². The Morgan fingerprint density at radius 3 is 2.62 bits per heavy atom. The van der Waals surface area contributed by atoms with Crippen molar-refractivity contribution in [3.63, 3.8) is 0 Å². The maximum absolute atomic E-state index is 14.6. The first-order valence-electron chi connectivity index (χ1n) is 9.70.